The fourth-order valence-electron chi connectivity index (χ4n) is 2.58. The zero-order valence-electron chi connectivity index (χ0n) is 16.3. The average molecular weight is 438 g/mol. The van der Waals surface area contributed by atoms with E-state index in [-0.39, 0.29) is 12.5 Å². The zero-order valence-corrected chi connectivity index (χ0v) is 17.9. The molecule has 2 amide bonds. The number of anilines is 1. The number of sulfonamides is 1. The van der Waals surface area contributed by atoms with Gasteiger partial charge >= 0.3 is 0 Å². The van der Waals surface area contributed by atoms with Crippen LogP contribution in [0.1, 0.15) is 29.3 Å². The molecule has 2 aromatic rings. The average Bonchev–Trinajstić information content (AvgIpc) is 2.67. The van der Waals surface area contributed by atoms with Gasteiger partial charge in [0, 0.05) is 18.1 Å². The van der Waals surface area contributed by atoms with Crippen molar-refractivity contribution < 1.29 is 18.0 Å². The first-order valence-corrected chi connectivity index (χ1v) is 11.3. The molecule has 0 unspecified atom stereocenters. The minimum Gasteiger partial charge on any atom is -0.352 e. The van der Waals surface area contributed by atoms with E-state index in [4.69, 9.17) is 11.6 Å². The number of nitrogens with one attached hydrogen (secondary N) is 2. The van der Waals surface area contributed by atoms with Gasteiger partial charge in [-0.25, -0.2) is 8.42 Å². The lowest BCUT2D eigenvalue weighted by Gasteiger charge is -2.20. The minimum atomic E-state index is -3.67. The Morgan fingerprint density at radius 3 is 2.38 bits per heavy atom. The Morgan fingerprint density at radius 2 is 1.72 bits per heavy atom. The fourth-order valence-corrected chi connectivity index (χ4v) is 3.50. The molecule has 2 aromatic carbocycles. The predicted octanol–water partition coefficient (Wildman–Crippen LogP) is 2.88. The first-order valence-electron chi connectivity index (χ1n) is 9.08. The van der Waals surface area contributed by atoms with Crippen LogP contribution in [0.2, 0.25) is 5.02 Å². The van der Waals surface area contributed by atoms with Crippen molar-refractivity contribution in [2.75, 3.05) is 24.7 Å². The Hall–Kier alpha value is -2.42. The summed E-state index contributed by atoms with van der Waals surface area (Å²) in [7, 11) is -3.67. The van der Waals surface area contributed by atoms with Gasteiger partial charge < -0.3 is 10.6 Å². The molecule has 7 nitrogen and oxygen atoms in total. The molecule has 29 heavy (non-hydrogen) atoms. The van der Waals surface area contributed by atoms with Gasteiger partial charge in [-0.15, -0.1) is 0 Å². The largest absolute Gasteiger partial charge is 0.352 e. The summed E-state index contributed by atoms with van der Waals surface area (Å²) < 4.78 is 25.4. The van der Waals surface area contributed by atoms with Crippen molar-refractivity contribution in [3.8, 4) is 0 Å². The lowest BCUT2D eigenvalue weighted by atomic mass is 10.1. The number of para-hydroxylation sites is 1. The second kappa shape index (κ2) is 10.4. The number of halogens is 1. The SMILES string of the molecule is CCCNC(=O)c1ccccc1NC(=O)CN(Cc1ccccc1Cl)S(C)(=O)=O. The number of hydrogen-bond acceptors (Lipinski definition) is 4. The Balaban J connectivity index is 2.15. The van der Waals surface area contributed by atoms with Crippen LogP contribution in [0.15, 0.2) is 48.5 Å². The molecule has 0 saturated carbocycles. The topological polar surface area (TPSA) is 95.6 Å². The van der Waals surface area contributed by atoms with E-state index >= 15 is 0 Å². The summed E-state index contributed by atoms with van der Waals surface area (Å²) in [5.74, 6) is -0.864. The summed E-state index contributed by atoms with van der Waals surface area (Å²) in [5, 5.41) is 5.80. The molecule has 0 radical (unpaired) electrons. The molecule has 9 heteroatoms. The van der Waals surface area contributed by atoms with Crippen LogP contribution < -0.4 is 10.6 Å². The second-order valence-electron chi connectivity index (χ2n) is 6.47. The highest BCUT2D eigenvalue weighted by atomic mass is 35.5. The molecule has 0 spiro atoms. The number of amides is 2. The highest BCUT2D eigenvalue weighted by Gasteiger charge is 2.22. The fraction of sp³-hybridized carbons (Fsp3) is 0.300. The number of carbonyl (C=O) groups is 2. The van der Waals surface area contributed by atoms with Crippen molar-refractivity contribution in [2.24, 2.45) is 0 Å². The second-order valence-corrected chi connectivity index (χ2v) is 8.86. The summed E-state index contributed by atoms with van der Waals surface area (Å²) >= 11 is 6.12. The third-order valence-electron chi connectivity index (χ3n) is 4.07. The Kier molecular flexibility index (Phi) is 8.19. The zero-order chi connectivity index (χ0) is 21.4. The first kappa shape index (κ1) is 22.9. The molecule has 0 heterocycles. The number of carbonyl (C=O) groups excluding carboxylic acids is 2. The lowest BCUT2D eigenvalue weighted by Crippen LogP contribution is -2.37. The third kappa shape index (κ3) is 6.85. The molecular weight excluding hydrogens is 414 g/mol. The van der Waals surface area contributed by atoms with Crippen molar-refractivity contribution in [3.05, 3.63) is 64.7 Å². The van der Waals surface area contributed by atoms with E-state index in [1.165, 1.54) is 0 Å². The first-order chi connectivity index (χ1) is 13.7. The van der Waals surface area contributed by atoms with E-state index in [9.17, 15) is 18.0 Å². The Morgan fingerprint density at radius 1 is 1.07 bits per heavy atom. The van der Waals surface area contributed by atoms with Gasteiger partial charge in [-0.3, -0.25) is 9.59 Å². The van der Waals surface area contributed by atoms with Crippen LogP contribution in [0.4, 0.5) is 5.69 Å². The molecule has 0 aliphatic rings. The van der Waals surface area contributed by atoms with Crippen LogP contribution in [-0.2, 0) is 21.4 Å². The molecule has 0 aliphatic carbocycles. The molecule has 0 fully saturated rings. The van der Waals surface area contributed by atoms with E-state index in [0.717, 1.165) is 17.0 Å². The summed E-state index contributed by atoms with van der Waals surface area (Å²) in [6.07, 6.45) is 1.81. The van der Waals surface area contributed by atoms with Gasteiger partial charge in [0.15, 0.2) is 0 Å². The Labute approximate surface area is 176 Å². The van der Waals surface area contributed by atoms with E-state index in [1.54, 1.807) is 48.5 Å². The van der Waals surface area contributed by atoms with Gasteiger partial charge in [0.25, 0.3) is 5.91 Å². The minimum absolute atomic E-state index is 0.0371. The molecule has 0 aromatic heterocycles. The molecule has 2 N–H and O–H groups in total. The van der Waals surface area contributed by atoms with Crippen LogP contribution in [0.3, 0.4) is 0 Å². The van der Waals surface area contributed by atoms with E-state index in [2.05, 4.69) is 10.6 Å². The molecule has 2 rings (SSSR count). The molecular formula is C20H24ClN3O4S. The summed E-state index contributed by atoms with van der Waals surface area (Å²) in [4.78, 5) is 24.8. The lowest BCUT2D eigenvalue weighted by molar-refractivity contribution is -0.116. The van der Waals surface area contributed by atoms with Crippen molar-refractivity contribution >= 4 is 39.1 Å². The van der Waals surface area contributed by atoms with Crippen LogP contribution >= 0.6 is 11.6 Å². The predicted molar refractivity (Wildman–Crippen MR) is 114 cm³/mol. The van der Waals surface area contributed by atoms with Gasteiger partial charge in [0.2, 0.25) is 15.9 Å². The van der Waals surface area contributed by atoms with Gasteiger partial charge in [-0.1, -0.05) is 48.9 Å². The van der Waals surface area contributed by atoms with Gasteiger partial charge in [0.1, 0.15) is 0 Å². The van der Waals surface area contributed by atoms with Crippen molar-refractivity contribution in [2.45, 2.75) is 19.9 Å². The maximum atomic E-state index is 12.6. The molecule has 0 atom stereocenters. The standard InChI is InChI=1S/C20H24ClN3O4S/c1-3-12-22-20(26)16-9-5-7-11-18(16)23-19(25)14-24(29(2,27)28)13-15-8-4-6-10-17(15)21/h4-11H,3,12-14H2,1-2H3,(H,22,26)(H,23,25). The quantitative estimate of drug-likeness (QED) is 0.630. The van der Waals surface area contributed by atoms with Crippen molar-refractivity contribution in [1.82, 2.24) is 9.62 Å². The van der Waals surface area contributed by atoms with Crippen LogP contribution in [0, 0.1) is 0 Å². The van der Waals surface area contributed by atoms with E-state index < -0.39 is 22.5 Å². The van der Waals surface area contributed by atoms with Gasteiger partial charge in [0.05, 0.1) is 24.1 Å². The van der Waals surface area contributed by atoms with Crippen LogP contribution in [0.25, 0.3) is 0 Å². The Bertz CT molecular complexity index is 979. The van der Waals surface area contributed by atoms with Crippen LogP contribution in [0.5, 0.6) is 0 Å². The summed E-state index contributed by atoms with van der Waals surface area (Å²) in [6, 6.07) is 13.4. The van der Waals surface area contributed by atoms with Crippen molar-refractivity contribution in [3.63, 3.8) is 0 Å². The highest BCUT2D eigenvalue weighted by molar-refractivity contribution is 7.88. The number of rotatable bonds is 9. The normalized spacial score (nSPS) is 11.3. The van der Waals surface area contributed by atoms with Crippen molar-refractivity contribution in [1.29, 1.82) is 0 Å². The monoisotopic (exact) mass is 437 g/mol. The summed E-state index contributed by atoms with van der Waals surface area (Å²) in [5.41, 5.74) is 1.22. The molecule has 0 bridgehead atoms. The molecule has 0 aliphatic heterocycles. The van der Waals surface area contributed by atoms with Gasteiger partial charge in [-0.2, -0.15) is 4.31 Å². The number of benzene rings is 2. The summed E-state index contributed by atoms with van der Waals surface area (Å²) in [6.45, 7) is 2.01. The highest BCUT2D eigenvalue weighted by Crippen LogP contribution is 2.19. The van der Waals surface area contributed by atoms with E-state index in [0.29, 0.717) is 28.4 Å². The molecule has 0 saturated heterocycles. The number of hydrogen-bond donors (Lipinski definition) is 2. The van der Waals surface area contributed by atoms with Gasteiger partial charge in [-0.05, 0) is 30.2 Å². The maximum Gasteiger partial charge on any atom is 0.253 e. The molecule has 156 valence electrons. The van der Waals surface area contributed by atoms with E-state index in [1.807, 2.05) is 6.92 Å². The third-order valence-corrected chi connectivity index (χ3v) is 5.64. The number of nitrogens with zero attached hydrogens (tertiary/aromatic N) is 1. The smallest absolute Gasteiger partial charge is 0.253 e. The van der Waals surface area contributed by atoms with Crippen LogP contribution in [-0.4, -0.2) is 43.9 Å². The maximum absolute atomic E-state index is 12.6.